The van der Waals surface area contributed by atoms with Crippen LogP contribution in [0.25, 0.3) is 0 Å². The number of aryl methyl sites for hydroxylation is 1. The fourth-order valence-corrected chi connectivity index (χ4v) is 2.33. The second-order valence-corrected chi connectivity index (χ2v) is 6.05. The van der Waals surface area contributed by atoms with Crippen LogP contribution in [0.5, 0.6) is 0 Å². The summed E-state index contributed by atoms with van der Waals surface area (Å²) in [5.74, 6) is 1.89. The number of guanidine groups is 1. The quantitative estimate of drug-likeness (QED) is 0.270. The summed E-state index contributed by atoms with van der Waals surface area (Å²) in [6, 6.07) is 4.84. The maximum Gasteiger partial charge on any atom is 0.416 e. The molecule has 6 nitrogen and oxygen atoms in total. The van der Waals surface area contributed by atoms with E-state index in [1.54, 1.807) is 19.1 Å². The molecule has 28 heavy (non-hydrogen) atoms. The van der Waals surface area contributed by atoms with Crippen LogP contribution in [0.4, 0.5) is 13.2 Å². The van der Waals surface area contributed by atoms with Crippen molar-refractivity contribution in [3.63, 3.8) is 0 Å². The molecule has 0 amide bonds. The van der Waals surface area contributed by atoms with E-state index in [0.717, 1.165) is 18.0 Å². The molecule has 0 aliphatic carbocycles. The van der Waals surface area contributed by atoms with Gasteiger partial charge in [-0.3, -0.25) is 0 Å². The monoisotopic (exact) mass is 508 g/mol. The minimum atomic E-state index is -4.38. The van der Waals surface area contributed by atoms with Crippen molar-refractivity contribution >= 4 is 29.9 Å². The first-order chi connectivity index (χ1) is 12.7. The Kier molecular flexibility index (Phi) is 8.92. The number of halogens is 4. The van der Waals surface area contributed by atoms with E-state index in [4.69, 9.17) is 0 Å². The highest BCUT2D eigenvalue weighted by molar-refractivity contribution is 14.0. The highest BCUT2D eigenvalue weighted by Gasteiger charge is 2.30. The predicted octanol–water partition coefficient (Wildman–Crippen LogP) is 3.74. The summed E-state index contributed by atoms with van der Waals surface area (Å²) in [5, 5.41) is 14.2. The minimum Gasteiger partial charge on any atom is -0.353 e. The summed E-state index contributed by atoms with van der Waals surface area (Å²) in [7, 11) is 1.84. The Morgan fingerprint density at radius 3 is 2.64 bits per heavy atom. The van der Waals surface area contributed by atoms with Crippen LogP contribution in [0.2, 0.25) is 0 Å². The van der Waals surface area contributed by atoms with Crippen LogP contribution in [-0.2, 0) is 19.8 Å². The van der Waals surface area contributed by atoms with E-state index < -0.39 is 11.7 Å². The fraction of sp³-hybridized carbons (Fsp3) is 0.389. The number of rotatable bonds is 6. The highest BCUT2D eigenvalue weighted by Crippen LogP contribution is 2.30. The highest BCUT2D eigenvalue weighted by atomic mass is 127. The normalized spacial score (nSPS) is 12.9. The molecule has 0 radical (unpaired) electrons. The predicted molar refractivity (Wildman–Crippen MR) is 113 cm³/mol. The first-order valence-electron chi connectivity index (χ1n) is 8.40. The number of alkyl halides is 3. The molecule has 2 N–H and O–H groups in total. The molecule has 154 valence electrons. The number of aliphatic imine (C=N–C) groups is 1. The third kappa shape index (κ3) is 6.50. The van der Waals surface area contributed by atoms with Gasteiger partial charge in [-0.05, 0) is 31.5 Å². The van der Waals surface area contributed by atoms with E-state index in [1.165, 1.54) is 6.07 Å². The van der Waals surface area contributed by atoms with Gasteiger partial charge in [0.05, 0.1) is 11.6 Å². The summed E-state index contributed by atoms with van der Waals surface area (Å²) in [6.45, 7) is 7.99. The standard InChI is InChI=1S/C18H23F3N6.HI/c1-5-9-22-17(23-11-16-26-25-13(3)27(16)4)24-12(2)14-7-6-8-15(10-14)18(19,20)21;/h5-8,10,12H,1,9,11H2,2-4H3,(H2,22,23,24);1H. The topological polar surface area (TPSA) is 67.1 Å². The Bertz CT molecular complexity index is 816. The Labute approximate surface area is 179 Å². The molecule has 0 fully saturated rings. The van der Waals surface area contributed by atoms with Gasteiger partial charge in [-0.2, -0.15) is 13.2 Å². The molecule has 0 spiro atoms. The zero-order valence-electron chi connectivity index (χ0n) is 15.9. The average Bonchev–Trinajstić information content (AvgIpc) is 2.95. The Morgan fingerprint density at radius 1 is 1.36 bits per heavy atom. The molecule has 1 atom stereocenters. The molecule has 1 aromatic heterocycles. The van der Waals surface area contributed by atoms with E-state index in [9.17, 15) is 13.2 Å². The first-order valence-corrected chi connectivity index (χ1v) is 8.40. The number of nitrogens with zero attached hydrogens (tertiary/aromatic N) is 4. The van der Waals surface area contributed by atoms with Crippen molar-refractivity contribution in [2.75, 3.05) is 6.54 Å². The molecule has 0 bridgehead atoms. The number of aromatic nitrogens is 3. The molecule has 2 aromatic rings. The van der Waals surface area contributed by atoms with E-state index in [0.29, 0.717) is 23.9 Å². The smallest absolute Gasteiger partial charge is 0.353 e. The van der Waals surface area contributed by atoms with Gasteiger partial charge in [0.1, 0.15) is 12.4 Å². The van der Waals surface area contributed by atoms with Crippen molar-refractivity contribution in [2.24, 2.45) is 12.0 Å². The lowest BCUT2D eigenvalue weighted by molar-refractivity contribution is -0.137. The average molecular weight is 508 g/mol. The molecular weight excluding hydrogens is 484 g/mol. The van der Waals surface area contributed by atoms with Crippen molar-refractivity contribution in [2.45, 2.75) is 32.6 Å². The first kappa shape index (κ1) is 23.9. The summed E-state index contributed by atoms with van der Waals surface area (Å²) in [5.41, 5.74) is -0.173. The van der Waals surface area contributed by atoms with Crippen LogP contribution in [0.1, 0.15) is 35.7 Å². The molecular formula is C18H24F3IN6. The lowest BCUT2D eigenvalue weighted by Gasteiger charge is -2.19. The second-order valence-electron chi connectivity index (χ2n) is 6.05. The van der Waals surface area contributed by atoms with Crippen LogP contribution >= 0.6 is 24.0 Å². The van der Waals surface area contributed by atoms with Crippen LogP contribution in [-0.4, -0.2) is 27.3 Å². The van der Waals surface area contributed by atoms with E-state index in [-0.39, 0.29) is 36.6 Å². The summed E-state index contributed by atoms with van der Waals surface area (Å²) in [4.78, 5) is 4.44. The zero-order valence-corrected chi connectivity index (χ0v) is 18.2. The van der Waals surface area contributed by atoms with Crippen molar-refractivity contribution in [1.29, 1.82) is 0 Å². The summed E-state index contributed by atoms with van der Waals surface area (Å²) < 4.78 is 40.6. The van der Waals surface area contributed by atoms with Gasteiger partial charge in [0.25, 0.3) is 0 Å². The van der Waals surface area contributed by atoms with Gasteiger partial charge in [0.2, 0.25) is 0 Å². The third-order valence-electron chi connectivity index (χ3n) is 4.04. The zero-order chi connectivity index (χ0) is 20.0. The molecule has 1 aromatic carbocycles. The molecule has 1 heterocycles. The van der Waals surface area contributed by atoms with E-state index >= 15 is 0 Å². The van der Waals surface area contributed by atoms with E-state index in [2.05, 4.69) is 32.4 Å². The van der Waals surface area contributed by atoms with E-state index in [1.807, 2.05) is 18.5 Å². The van der Waals surface area contributed by atoms with Gasteiger partial charge in [0.15, 0.2) is 11.8 Å². The number of hydrogen-bond donors (Lipinski definition) is 2. The van der Waals surface area contributed by atoms with Gasteiger partial charge in [-0.25, -0.2) is 4.99 Å². The van der Waals surface area contributed by atoms with Crippen LogP contribution < -0.4 is 10.6 Å². The maximum absolute atomic E-state index is 12.9. The van der Waals surface area contributed by atoms with Gasteiger partial charge >= 0.3 is 6.18 Å². The fourth-order valence-electron chi connectivity index (χ4n) is 2.33. The number of hydrogen-bond acceptors (Lipinski definition) is 3. The molecule has 0 aliphatic rings. The molecule has 0 saturated heterocycles. The lowest BCUT2D eigenvalue weighted by atomic mass is 10.1. The molecule has 0 saturated carbocycles. The van der Waals surface area contributed by atoms with Crippen LogP contribution in [0.15, 0.2) is 41.9 Å². The van der Waals surface area contributed by atoms with Gasteiger partial charge in [-0.15, -0.1) is 40.8 Å². The molecule has 2 rings (SSSR count). The molecule has 1 unspecified atom stereocenters. The van der Waals surface area contributed by atoms with Crippen LogP contribution in [0, 0.1) is 6.92 Å². The van der Waals surface area contributed by atoms with Gasteiger partial charge in [-0.1, -0.05) is 18.2 Å². The number of benzene rings is 1. The molecule has 10 heteroatoms. The third-order valence-corrected chi connectivity index (χ3v) is 4.04. The molecule has 0 aliphatic heterocycles. The van der Waals surface area contributed by atoms with Crippen molar-refractivity contribution < 1.29 is 13.2 Å². The summed E-state index contributed by atoms with van der Waals surface area (Å²) in [6.07, 6.45) is -2.71. The Hall–Kier alpha value is -2.11. The van der Waals surface area contributed by atoms with Gasteiger partial charge < -0.3 is 15.2 Å². The van der Waals surface area contributed by atoms with Crippen molar-refractivity contribution in [1.82, 2.24) is 25.4 Å². The maximum atomic E-state index is 12.9. The Morgan fingerprint density at radius 2 is 2.07 bits per heavy atom. The van der Waals surface area contributed by atoms with Gasteiger partial charge in [0, 0.05) is 13.6 Å². The Balaban J connectivity index is 0.00000392. The van der Waals surface area contributed by atoms with Crippen molar-refractivity contribution in [3.05, 3.63) is 59.7 Å². The number of nitrogens with one attached hydrogen (secondary N) is 2. The SMILES string of the molecule is C=CCNC(=NCc1nnc(C)n1C)NC(C)c1cccc(C(F)(F)F)c1.I. The minimum absolute atomic E-state index is 0. The van der Waals surface area contributed by atoms with Crippen molar-refractivity contribution in [3.8, 4) is 0 Å². The van der Waals surface area contributed by atoms with Crippen LogP contribution in [0.3, 0.4) is 0 Å². The lowest BCUT2D eigenvalue weighted by Crippen LogP contribution is -2.39. The summed E-state index contributed by atoms with van der Waals surface area (Å²) >= 11 is 0. The largest absolute Gasteiger partial charge is 0.416 e. The second kappa shape index (κ2) is 10.4.